The molecule has 0 bridgehead atoms. The fourth-order valence-corrected chi connectivity index (χ4v) is 2.27. The summed E-state index contributed by atoms with van der Waals surface area (Å²) in [5, 5.41) is 7.98. The van der Waals surface area contributed by atoms with Crippen molar-refractivity contribution in [1.82, 2.24) is 5.32 Å². The first kappa shape index (κ1) is 17.0. The molecule has 23 heavy (non-hydrogen) atoms. The van der Waals surface area contributed by atoms with Gasteiger partial charge in [-0.15, -0.1) is 0 Å². The van der Waals surface area contributed by atoms with Crippen molar-refractivity contribution in [3.05, 3.63) is 24.3 Å². The van der Waals surface area contributed by atoms with Crippen LogP contribution in [-0.4, -0.2) is 36.5 Å². The lowest BCUT2D eigenvalue weighted by Gasteiger charge is -2.14. The molecule has 1 fully saturated rings. The van der Waals surface area contributed by atoms with Gasteiger partial charge in [0.2, 0.25) is 11.8 Å². The monoisotopic (exact) mass is 319 g/mol. The molecule has 2 rings (SSSR count). The van der Waals surface area contributed by atoms with E-state index in [-0.39, 0.29) is 23.8 Å². The molecule has 0 saturated carbocycles. The van der Waals surface area contributed by atoms with E-state index in [0.717, 1.165) is 12.8 Å². The first-order valence-electron chi connectivity index (χ1n) is 7.56. The van der Waals surface area contributed by atoms with E-state index >= 15 is 0 Å². The van der Waals surface area contributed by atoms with Crippen LogP contribution in [0.1, 0.15) is 26.7 Å². The first-order valence-corrected chi connectivity index (χ1v) is 7.56. The lowest BCUT2D eigenvalue weighted by atomic mass is 10.2. The molecule has 0 unspecified atom stereocenters. The van der Waals surface area contributed by atoms with Gasteiger partial charge in [-0.05, 0) is 44.0 Å². The predicted molar refractivity (Wildman–Crippen MR) is 86.0 cm³/mol. The summed E-state index contributed by atoms with van der Waals surface area (Å²) >= 11 is 0. The molecule has 3 N–H and O–H groups in total. The number of ether oxygens (including phenoxy) is 1. The van der Waals surface area contributed by atoms with Crippen molar-refractivity contribution in [2.45, 2.75) is 38.8 Å². The third-order valence-electron chi connectivity index (χ3n) is 3.46. The molecule has 1 aliphatic heterocycles. The summed E-state index contributed by atoms with van der Waals surface area (Å²) in [6, 6.07) is 6.15. The summed E-state index contributed by atoms with van der Waals surface area (Å²) < 4.78 is 5.32. The van der Waals surface area contributed by atoms with Crippen LogP contribution in [0.25, 0.3) is 0 Å². The van der Waals surface area contributed by atoms with E-state index < -0.39 is 6.04 Å². The molecule has 3 amide bonds. The molecule has 1 aliphatic rings. The molecular formula is C16H21N3O4. The zero-order valence-electron chi connectivity index (χ0n) is 13.2. The van der Waals surface area contributed by atoms with Gasteiger partial charge in [-0.2, -0.15) is 0 Å². The fourth-order valence-electron chi connectivity index (χ4n) is 2.27. The van der Waals surface area contributed by atoms with Crippen LogP contribution in [0.5, 0.6) is 0 Å². The van der Waals surface area contributed by atoms with Gasteiger partial charge >= 0.3 is 0 Å². The van der Waals surface area contributed by atoms with Crippen LogP contribution in [0.15, 0.2) is 24.3 Å². The van der Waals surface area contributed by atoms with Crippen molar-refractivity contribution >= 4 is 29.1 Å². The van der Waals surface area contributed by atoms with Gasteiger partial charge in [0, 0.05) is 24.9 Å². The highest BCUT2D eigenvalue weighted by Crippen LogP contribution is 2.17. The van der Waals surface area contributed by atoms with Crippen molar-refractivity contribution in [1.29, 1.82) is 0 Å². The van der Waals surface area contributed by atoms with Crippen LogP contribution in [0, 0.1) is 0 Å². The minimum absolute atomic E-state index is 0.154. The van der Waals surface area contributed by atoms with Crippen molar-refractivity contribution in [2.24, 2.45) is 0 Å². The molecule has 0 spiro atoms. The van der Waals surface area contributed by atoms with Gasteiger partial charge in [0.25, 0.3) is 5.91 Å². The van der Waals surface area contributed by atoms with E-state index in [1.807, 2.05) is 0 Å². The Labute approximate surface area is 134 Å². The standard InChI is InChI=1S/C16H21N3O4/c1-10(17-11(2)20)15(21)18-12-5-7-13(8-6-12)19-16(22)14-4-3-9-23-14/h5-8,10,14H,3-4,9H2,1-2H3,(H,17,20)(H,18,21)(H,19,22)/t10-,14-/m1/s1. The first-order chi connectivity index (χ1) is 11.0. The van der Waals surface area contributed by atoms with E-state index in [1.165, 1.54) is 6.92 Å². The van der Waals surface area contributed by atoms with Crippen LogP contribution >= 0.6 is 0 Å². The molecular weight excluding hydrogens is 298 g/mol. The minimum Gasteiger partial charge on any atom is -0.368 e. The summed E-state index contributed by atoms with van der Waals surface area (Å²) in [4.78, 5) is 34.7. The zero-order chi connectivity index (χ0) is 16.8. The fraction of sp³-hybridized carbons (Fsp3) is 0.438. The maximum absolute atomic E-state index is 11.9. The van der Waals surface area contributed by atoms with E-state index in [2.05, 4.69) is 16.0 Å². The molecule has 7 heteroatoms. The number of nitrogens with one attached hydrogen (secondary N) is 3. The summed E-state index contributed by atoms with van der Waals surface area (Å²) in [7, 11) is 0. The maximum Gasteiger partial charge on any atom is 0.253 e. The molecule has 1 saturated heterocycles. The lowest BCUT2D eigenvalue weighted by molar-refractivity contribution is -0.124. The summed E-state index contributed by atoms with van der Waals surface area (Å²) in [6.45, 7) is 3.58. The van der Waals surface area contributed by atoms with Crippen molar-refractivity contribution in [2.75, 3.05) is 17.2 Å². The molecule has 1 heterocycles. The molecule has 7 nitrogen and oxygen atoms in total. The number of carbonyl (C=O) groups excluding carboxylic acids is 3. The Bertz CT molecular complexity index is 579. The Morgan fingerprint density at radius 1 is 1.13 bits per heavy atom. The number of hydrogen-bond acceptors (Lipinski definition) is 4. The third-order valence-corrected chi connectivity index (χ3v) is 3.46. The maximum atomic E-state index is 11.9. The molecule has 1 aromatic carbocycles. The normalized spacial score (nSPS) is 18.1. The Morgan fingerprint density at radius 3 is 2.26 bits per heavy atom. The number of carbonyl (C=O) groups is 3. The largest absolute Gasteiger partial charge is 0.368 e. The Kier molecular flexibility index (Phi) is 5.70. The van der Waals surface area contributed by atoms with Crippen molar-refractivity contribution in [3.63, 3.8) is 0 Å². The predicted octanol–water partition coefficient (Wildman–Crippen LogP) is 1.27. The van der Waals surface area contributed by atoms with Crippen LogP contribution in [0.3, 0.4) is 0 Å². The average Bonchev–Trinajstić information content (AvgIpc) is 3.03. The highest BCUT2D eigenvalue weighted by atomic mass is 16.5. The van der Waals surface area contributed by atoms with Gasteiger partial charge in [0.05, 0.1) is 0 Å². The van der Waals surface area contributed by atoms with Gasteiger partial charge in [-0.1, -0.05) is 0 Å². The highest BCUT2D eigenvalue weighted by molar-refractivity contribution is 5.97. The number of amides is 3. The SMILES string of the molecule is CC(=O)N[C@H](C)C(=O)Nc1ccc(NC(=O)[C@H]2CCCO2)cc1. The van der Waals surface area contributed by atoms with Gasteiger partial charge in [-0.3, -0.25) is 14.4 Å². The molecule has 1 aromatic rings. The Hall–Kier alpha value is -2.41. The van der Waals surface area contributed by atoms with Gasteiger partial charge < -0.3 is 20.7 Å². The second-order valence-corrected chi connectivity index (χ2v) is 5.48. The average molecular weight is 319 g/mol. The van der Waals surface area contributed by atoms with Crippen LogP contribution in [-0.2, 0) is 19.1 Å². The molecule has 0 aliphatic carbocycles. The number of hydrogen-bond donors (Lipinski definition) is 3. The number of benzene rings is 1. The van der Waals surface area contributed by atoms with Gasteiger partial charge in [0.15, 0.2) is 0 Å². The molecule has 2 atom stereocenters. The van der Waals surface area contributed by atoms with Crippen LogP contribution in [0.4, 0.5) is 11.4 Å². The molecule has 0 aromatic heterocycles. The molecule has 124 valence electrons. The number of anilines is 2. The quantitative estimate of drug-likeness (QED) is 0.761. The van der Waals surface area contributed by atoms with Crippen LogP contribution < -0.4 is 16.0 Å². The van der Waals surface area contributed by atoms with Crippen molar-refractivity contribution < 1.29 is 19.1 Å². The topological polar surface area (TPSA) is 96.5 Å². The van der Waals surface area contributed by atoms with E-state index in [9.17, 15) is 14.4 Å². The second-order valence-electron chi connectivity index (χ2n) is 5.48. The van der Waals surface area contributed by atoms with E-state index in [4.69, 9.17) is 4.74 Å². The van der Waals surface area contributed by atoms with Crippen LogP contribution in [0.2, 0.25) is 0 Å². The minimum atomic E-state index is -0.619. The summed E-state index contributed by atoms with van der Waals surface area (Å²) in [5.74, 6) is -0.727. The smallest absolute Gasteiger partial charge is 0.253 e. The van der Waals surface area contributed by atoms with Gasteiger partial charge in [-0.25, -0.2) is 0 Å². The Morgan fingerprint density at radius 2 is 1.74 bits per heavy atom. The molecule has 0 radical (unpaired) electrons. The second kappa shape index (κ2) is 7.73. The number of rotatable bonds is 5. The van der Waals surface area contributed by atoms with Crippen molar-refractivity contribution in [3.8, 4) is 0 Å². The van der Waals surface area contributed by atoms with E-state index in [0.29, 0.717) is 18.0 Å². The summed E-state index contributed by atoms with van der Waals surface area (Å²) in [5.41, 5.74) is 1.22. The zero-order valence-corrected chi connectivity index (χ0v) is 13.2. The Balaban J connectivity index is 1.87. The van der Waals surface area contributed by atoms with E-state index in [1.54, 1.807) is 31.2 Å². The van der Waals surface area contributed by atoms with Gasteiger partial charge in [0.1, 0.15) is 12.1 Å². The third kappa shape index (κ3) is 5.07. The highest BCUT2D eigenvalue weighted by Gasteiger charge is 2.23. The summed E-state index contributed by atoms with van der Waals surface area (Å²) in [6.07, 6.45) is 1.25. The lowest BCUT2D eigenvalue weighted by Crippen LogP contribution is -2.40.